The van der Waals surface area contributed by atoms with Gasteiger partial charge in [-0.3, -0.25) is 0 Å². The second-order valence-corrected chi connectivity index (χ2v) is 6.85. The molecule has 0 unspecified atom stereocenters. The first-order valence-corrected chi connectivity index (χ1v) is 9.05. The van der Waals surface area contributed by atoms with E-state index >= 15 is 0 Å². The maximum Gasteiger partial charge on any atom is 0.335 e. The number of rotatable bonds is 5. The molecule has 1 aromatic heterocycles. The Morgan fingerprint density at radius 1 is 1.12 bits per heavy atom. The van der Waals surface area contributed by atoms with Crippen LogP contribution >= 0.6 is 23.4 Å². The number of hydrogen-bond acceptors (Lipinski definition) is 4. The molecule has 0 aliphatic heterocycles. The summed E-state index contributed by atoms with van der Waals surface area (Å²) in [4.78, 5) is 15.2. The van der Waals surface area contributed by atoms with Crippen molar-refractivity contribution in [2.24, 2.45) is 0 Å². The molecule has 3 rings (SSSR count). The van der Waals surface area contributed by atoms with Crippen molar-refractivity contribution in [2.45, 2.75) is 10.8 Å². The summed E-state index contributed by atoms with van der Waals surface area (Å²) in [5.74, 6) is -0.362. The zero-order valence-electron chi connectivity index (χ0n) is 13.5. The minimum atomic E-state index is -0.951. The number of benzene rings is 2. The number of thioether (sulfide) groups is 1. The third-order valence-electron chi connectivity index (χ3n) is 3.76. The Morgan fingerprint density at radius 3 is 2.42 bits per heavy atom. The highest BCUT2D eigenvalue weighted by atomic mass is 35.5. The fourth-order valence-corrected chi connectivity index (χ4v) is 3.48. The van der Waals surface area contributed by atoms with Gasteiger partial charge < -0.3 is 5.11 Å². The van der Waals surface area contributed by atoms with Gasteiger partial charge in [-0.15, -0.1) is 11.8 Å². The molecule has 0 aliphatic carbocycles. The minimum Gasteiger partial charge on any atom is -0.478 e. The first-order valence-electron chi connectivity index (χ1n) is 7.68. The summed E-state index contributed by atoms with van der Waals surface area (Å²) in [5.41, 5.74) is 3.44. The summed E-state index contributed by atoms with van der Waals surface area (Å²) in [6.45, 7) is 0. The topological polar surface area (TPSA) is 74.0 Å². The minimum absolute atomic E-state index is 0.249. The summed E-state index contributed by atoms with van der Waals surface area (Å²) in [5, 5.41) is 19.8. The molecule has 3 aromatic rings. The van der Waals surface area contributed by atoms with E-state index in [2.05, 4.69) is 11.1 Å². The molecule has 1 heterocycles. The highest BCUT2D eigenvalue weighted by Crippen LogP contribution is 2.31. The Morgan fingerprint density at radius 2 is 1.81 bits per heavy atom. The molecule has 6 heteroatoms. The summed E-state index contributed by atoms with van der Waals surface area (Å²) < 4.78 is 0. The van der Waals surface area contributed by atoms with Gasteiger partial charge in [0.15, 0.2) is 0 Å². The molecule has 128 valence electrons. The smallest absolute Gasteiger partial charge is 0.335 e. The zero-order valence-corrected chi connectivity index (χ0v) is 15.1. The van der Waals surface area contributed by atoms with Crippen LogP contribution in [0, 0.1) is 11.3 Å². The molecule has 0 saturated carbocycles. The molecular formula is C20H13ClN2O2S. The summed E-state index contributed by atoms with van der Waals surface area (Å²) in [6.07, 6.45) is 1.68. The van der Waals surface area contributed by atoms with Gasteiger partial charge >= 0.3 is 5.97 Å². The number of aromatic carboxylic acids is 1. The Bertz CT molecular complexity index is 980. The molecule has 0 radical (unpaired) electrons. The number of carboxylic acids is 1. The highest BCUT2D eigenvalue weighted by molar-refractivity contribution is 7.98. The molecule has 0 spiro atoms. The predicted molar refractivity (Wildman–Crippen MR) is 102 cm³/mol. The van der Waals surface area contributed by atoms with Gasteiger partial charge in [0.05, 0.1) is 11.1 Å². The lowest BCUT2D eigenvalue weighted by Gasteiger charge is -2.09. The van der Waals surface area contributed by atoms with Gasteiger partial charge in [0.2, 0.25) is 0 Å². The van der Waals surface area contributed by atoms with Crippen LogP contribution in [0.4, 0.5) is 0 Å². The van der Waals surface area contributed by atoms with Gasteiger partial charge in [0, 0.05) is 22.5 Å². The van der Waals surface area contributed by atoms with Gasteiger partial charge in [0.1, 0.15) is 11.1 Å². The molecule has 26 heavy (non-hydrogen) atoms. The van der Waals surface area contributed by atoms with Crippen LogP contribution in [-0.2, 0) is 5.75 Å². The van der Waals surface area contributed by atoms with Gasteiger partial charge in [-0.1, -0.05) is 35.9 Å². The normalized spacial score (nSPS) is 10.3. The largest absolute Gasteiger partial charge is 0.478 e. The molecule has 0 saturated heterocycles. The van der Waals surface area contributed by atoms with Crippen LogP contribution in [0.25, 0.3) is 11.1 Å². The molecular weight excluding hydrogens is 368 g/mol. The Balaban J connectivity index is 1.84. The summed E-state index contributed by atoms with van der Waals surface area (Å²) in [6, 6.07) is 18.1. The second kappa shape index (κ2) is 8.05. The van der Waals surface area contributed by atoms with Crippen molar-refractivity contribution in [3.8, 4) is 17.2 Å². The average Bonchev–Trinajstić information content (AvgIpc) is 2.67. The zero-order chi connectivity index (χ0) is 18.5. The quantitative estimate of drug-likeness (QED) is 0.611. The van der Waals surface area contributed by atoms with Gasteiger partial charge in [0.25, 0.3) is 0 Å². The van der Waals surface area contributed by atoms with Crippen LogP contribution in [0.1, 0.15) is 21.5 Å². The monoisotopic (exact) mass is 380 g/mol. The number of nitrogens with zero attached hydrogens (tertiary/aromatic N) is 2. The first kappa shape index (κ1) is 18.0. The van der Waals surface area contributed by atoms with E-state index in [4.69, 9.17) is 16.7 Å². The van der Waals surface area contributed by atoms with Gasteiger partial charge in [-0.25, -0.2) is 9.78 Å². The van der Waals surface area contributed by atoms with Crippen LogP contribution in [0.5, 0.6) is 0 Å². The highest BCUT2D eigenvalue weighted by Gasteiger charge is 2.12. The van der Waals surface area contributed by atoms with Crippen molar-refractivity contribution >= 4 is 29.3 Å². The number of hydrogen-bond donors (Lipinski definition) is 1. The number of carbonyl (C=O) groups is 1. The van der Waals surface area contributed by atoms with E-state index in [0.29, 0.717) is 21.4 Å². The van der Waals surface area contributed by atoms with Gasteiger partial charge in [-0.05, 0) is 41.5 Å². The molecule has 2 aromatic carbocycles. The number of aromatic nitrogens is 1. The van der Waals surface area contributed by atoms with E-state index < -0.39 is 5.97 Å². The summed E-state index contributed by atoms with van der Waals surface area (Å²) in [7, 11) is 0. The molecule has 0 aliphatic rings. The van der Waals surface area contributed by atoms with Crippen LogP contribution in [0.3, 0.4) is 0 Å². The predicted octanol–water partition coefficient (Wildman–Crippen LogP) is 5.26. The lowest BCUT2D eigenvalue weighted by Crippen LogP contribution is -1.96. The average molecular weight is 381 g/mol. The number of pyridine rings is 1. The Hall–Kier alpha value is -2.81. The van der Waals surface area contributed by atoms with E-state index in [0.717, 1.165) is 16.7 Å². The van der Waals surface area contributed by atoms with Crippen molar-refractivity contribution in [3.63, 3.8) is 0 Å². The number of nitriles is 1. The fourth-order valence-electron chi connectivity index (χ4n) is 2.43. The lowest BCUT2D eigenvalue weighted by molar-refractivity contribution is 0.0697. The number of carboxylic acid groups (broad SMARTS) is 1. The first-order chi connectivity index (χ1) is 12.6. The van der Waals surface area contributed by atoms with E-state index in [1.165, 1.54) is 11.8 Å². The Labute approximate surface area is 160 Å². The summed E-state index contributed by atoms with van der Waals surface area (Å²) >= 11 is 7.38. The van der Waals surface area contributed by atoms with Crippen LogP contribution in [-0.4, -0.2) is 16.1 Å². The van der Waals surface area contributed by atoms with Crippen molar-refractivity contribution in [1.29, 1.82) is 5.26 Å². The molecule has 0 amide bonds. The molecule has 0 fully saturated rings. The Kier molecular flexibility index (Phi) is 5.57. The standard InChI is InChI=1S/C20H13ClN2O2S/c21-16-7-5-14(6-8-16)17-9-10-23-19(18(17)11-22)26-12-13-1-3-15(4-2-13)20(24)25/h1-10H,12H2,(H,24,25). The van der Waals surface area contributed by atoms with E-state index in [1.54, 1.807) is 42.6 Å². The fraction of sp³-hybridized carbons (Fsp3) is 0.0500. The van der Waals surface area contributed by atoms with Crippen LogP contribution in [0.2, 0.25) is 5.02 Å². The van der Waals surface area contributed by atoms with E-state index in [-0.39, 0.29) is 5.56 Å². The van der Waals surface area contributed by atoms with Crippen molar-refractivity contribution in [2.75, 3.05) is 0 Å². The van der Waals surface area contributed by atoms with E-state index in [9.17, 15) is 10.1 Å². The third-order valence-corrected chi connectivity index (χ3v) is 5.07. The van der Waals surface area contributed by atoms with Crippen LogP contribution < -0.4 is 0 Å². The van der Waals surface area contributed by atoms with E-state index in [1.807, 2.05) is 18.2 Å². The SMILES string of the molecule is N#Cc1c(-c2ccc(Cl)cc2)ccnc1SCc1ccc(C(=O)O)cc1. The molecule has 0 bridgehead atoms. The molecule has 1 N–H and O–H groups in total. The van der Waals surface area contributed by atoms with Crippen molar-refractivity contribution < 1.29 is 9.90 Å². The van der Waals surface area contributed by atoms with Crippen molar-refractivity contribution in [3.05, 3.63) is 82.5 Å². The third kappa shape index (κ3) is 4.05. The lowest BCUT2D eigenvalue weighted by atomic mass is 10.0. The number of halogens is 1. The van der Waals surface area contributed by atoms with Crippen LogP contribution in [0.15, 0.2) is 65.8 Å². The second-order valence-electron chi connectivity index (χ2n) is 5.45. The van der Waals surface area contributed by atoms with Crippen molar-refractivity contribution in [1.82, 2.24) is 4.98 Å². The van der Waals surface area contributed by atoms with Gasteiger partial charge in [-0.2, -0.15) is 5.26 Å². The molecule has 0 atom stereocenters. The molecule has 4 nitrogen and oxygen atoms in total. The maximum absolute atomic E-state index is 10.9. The maximum atomic E-state index is 10.9.